The highest BCUT2D eigenvalue weighted by Gasteiger charge is 2.64. The second-order valence-corrected chi connectivity index (χ2v) is 11.8. The first-order valence-electron chi connectivity index (χ1n) is 12.9. The van der Waals surface area contributed by atoms with Crippen molar-refractivity contribution in [1.29, 1.82) is 0 Å². The summed E-state index contributed by atoms with van der Waals surface area (Å²) in [5.74, 6) is 3.00. The number of Topliss-reactive ketones (excluding diaryl/α,β-unsaturated/α-hetero) is 1. The zero-order valence-corrected chi connectivity index (χ0v) is 20.7. The zero-order chi connectivity index (χ0) is 23.3. The Balaban J connectivity index is 1.50. The molecule has 4 fully saturated rings. The van der Waals surface area contributed by atoms with E-state index in [0.717, 1.165) is 38.5 Å². The molecule has 0 aromatic carbocycles. The predicted octanol–water partition coefficient (Wildman–Crippen LogP) is 5.35. The van der Waals surface area contributed by atoms with E-state index in [1.54, 1.807) is 0 Å². The molecular formula is C27H42O5. The van der Waals surface area contributed by atoms with Gasteiger partial charge in [-0.25, -0.2) is 0 Å². The first-order valence-corrected chi connectivity index (χ1v) is 12.9. The van der Waals surface area contributed by atoms with Gasteiger partial charge in [-0.3, -0.25) is 14.4 Å². The van der Waals surface area contributed by atoms with Gasteiger partial charge in [0.15, 0.2) is 0 Å². The van der Waals surface area contributed by atoms with Crippen molar-refractivity contribution in [3.8, 4) is 0 Å². The number of rotatable bonds is 5. The second kappa shape index (κ2) is 8.76. The Bertz CT molecular complexity index is 761. The SMILES string of the molecule is COC(=O)CC[C@@H](C)[C@H]1CC[C@H]2[C@@H]3CC[C@@H]4C[C@@H](OC(C)=O)CC[C@]4(C)[C@H]3CC(=O)[C@]12C. The highest BCUT2D eigenvalue weighted by molar-refractivity contribution is 5.87. The van der Waals surface area contributed by atoms with Crippen molar-refractivity contribution < 1.29 is 23.9 Å². The Hall–Kier alpha value is -1.39. The Labute approximate surface area is 193 Å². The quantitative estimate of drug-likeness (QED) is 0.533. The number of ether oxygens (including phenoxy) is 2. The molecular weight excluding hydrogens is 404 g/mol. The monoisotopic (exact) mass is 446 g/mol. The number of hydrogen-bond donors (Lipinski definition) is 0. The molecule has 5 nitrogen and oxygen atoms in total. The van der Waals surface area contributed by atoms with E-state index in [4.69, 9.17) is 9.47 Å². The molecule has 0 heterocycles. The lowest BCUT2D eigenvalue weighted by Gasteiger charge is -2.60. The number of ketones is 1. The van der Waals surface area contributed by atoms with Crippen LogP contribution < -0.4 is 0 Å². The van der Waals surface area contributed by atoms with Crippen LogP contribution in [0.5, 0.6) is 0 Å². The van der Waals surface area contributed by atoms with Crippen LogP contribution >= 0.6 is 0 Å². The fourth-order valence-corrected chi connectivity index (χ4v) is 8.86. The minimum Gasteiger partial charge on any atom is -0.469 e. The maximum Gasteiger partial charge on any atom is 0.305 e. The van der Waals surface area contributed by atoms with Crippen molar-refractivity contribution in [1.82, 2.24) is 0 Å². The van der Waals surface area contributed by atoms with Crippen LogP contribution in [0.15, 0.2) is 0 Å². The topological polar surface area (TPSA) is 69.7 Å². The molecule has 4 aliphatic rings. The van der Waals surface area contributed by atoms with Gasteiger partial charge in [0.2, 0.25) is 0 Å². The van der Waals surface area contributed by atoms with Gasteiger partial charge in [-0.15, -0.1) is 0 Å². The van der Waals surface area contributed by atoms with Crippen LogP contribution in [0.3, 0.4) is 0 Å². The molecule has 4 aliphatic carbocycles. The third kappa shape index (κ3) is 3.81. The van der Waals surface area contributed by atoms with Crippen LogP contribution in [0.4, 0.5) is 0 Å². The van der Waals surface area contributed by atoms with E-state index in [1.165, 1.54) is 26.9 Å². The van der Waals surface area contributed by atoms with E-state index in [9.17, 15) is 14.4 Å². The van der Waals surface area contributed by atoms with Crippen LogP contribution in [0, 0.1) is 46.3 Å². The summed E-state index contributed by atoms with van der Waals surface area (Å²) < 4.78 is 10.4. The van der Waals surface area contributed by atoms with E-state index in [-0.39, 0.29) is 28.9 Å². The summed E-state index contributed by atoms with van der Waals surface area (Å²) in [5, 5.41) is 0. The molecule has 0 aromatic rings. The average molecular weight is 447 g/mol. The Morgan fingerprint density at radius 2 is 1.84 bits per heavy atom. The molecule has 0 aliphatic heterocycles. The third-order valence-electron chi connectivity index (χ3n) is 10.6. The summed E-state index contributed by atoms with van der Waals surface area (Å²) in [6, 6.07) is 0. The molecule has 0 saturated heterocycles. The number of carbonyl (C=O) groups is 3. The van der Waals surface area contributed by atoms with E-state index in [2.05, 4.69) is 20.8 Å². The average Bonchev–Trinajstić information content (AvgIpc) is 3.11. The zero-order valence-electron chi connectivity index (χ0n) is 20.7. The number of fused-ring (bicyclic) bond motifs is 5. The summed E-state index contributed by atoms with van der Waals surface area (Å²) in [7, 11) is 1.45. The normalized spacial score (nSPS) is 44.1. The molecule has 180 valence electrons. The predicted molar refractivity (Wildman–Crippen MR) is 122 cm³/mol. The molecule has 0 aromatic heterocycles. The summed E-state index contributed by atoms with van der Waals surface area (Å²) in [4.78, 5) is 37.0. The molecule has 0 spiro atoms. The van der Waals surface area contributed by atoms with Crippen molar-refractivity contribution in [3.05, 3.63) is 0 Å². The van der Waals surface area contributed by atoms with E-state index < -0.39 is 0 Å². The lowest BCUT2D eigenvalue weighted by molar-refractivity contribution is -0.167. The lowest BCUT2D eigenvalue weighted by Crippen LogP contribution is -2.57. The summed E-state index contributed by atoms with van der Waals surface area (Å²) >= 11 is 0. The minimum atomic E-state index is -0.241. The number of methoxy groups -OCH3 is 1. The Kier molecular flexibility index (Phi) is 6.50. The summed E-state index contributed by atoms with van der Waals surface area (Å²) in [5.41, 5.74) is -0.0556. The van der Waals surface area contributed by atoms with Gasteiger partial charge in [0.05, 0.1) is 7.11 Å². The van der Waals surface area contributed by atoms with Crippen molar-refractivity contribution in [3.63, 3.8) is 0 Å². The number of hydrogen-bond acceptors (Lipinski definition) is 5. The van der Waals surface area contributed by atoms with Gasteiger partial charge in [-0.1, -0.05) is 20.8 Å². The molecule has 9 atom stereocenters. The number of carbonyl (C=O) groups excluding carboxylic acids is 3. The Morgan fingerprint density at radius 3 is 2.53 bits per heavy atom. The maximum absolute atomic E-state index is 13.8. The van der Waals surface area contributed by atoms with Crippen molar-refractivity contribution in [2.45, 2.75) is 98.0 Å². The molecule has 5 heteroatoms. The van der Waals surface area contributed by atoms with E-state index >= 15 is 0 Å². The maximum atomic E-state index is 13.8. The van der Waals surface area contributed by atoms with Crippen LogP contribution in [-0.4, -0.2) is 30.9 Å². The van der Waals surface area contributed by atoms with Gasteiger partial charge in [-0.05, 0) is 92.3 Å². The van der Waals surface area contributed by atoms with Gasteiger partial charge in [0.25, 0.3) is 0 Å². The molecule has 4 saturated carbocycles. The van der Waals surface area contributed by atoms with E-state index in [0.29, 0.717) is 54.1 Å². The van der Waals surface area contributed by atoms with Crippen LogP contribution in [0.25, 0.3) is 0 Å². The van der Waals surface area contributed by atoms with Gasteiger partial charge in [0, 0.05) is 25.2 Å². The van der Waals surface area contributed by atoms with Crippen molar-refractivity contribution in [2.24, 2.45) is 46.3 Å². The van der Waals surface area contributed by atoms with Crippen molar-refractivity contribution >= 4 is 17.7 Å². The molecule has 0 radical (unpaired) electrons. The third-order valence-corrected chi connectivity index (χ3v) is 10.6. The highest BCUT2D eigenvalue weighted by atomic mass is 16.5. The smallest absolute Gasteiger partial charge is 0.305 e. The minimum absolute atomic E-state index is 0.0539. The van der Waals surface area contributed by atoms with E-state index in [1.807, 2.05) is 0 Å². The van der Waals surface area contributed by atoms with Crippen LogP contribution in [0.2, 0.25) is 0 Å². The van der Waals surface area contributed by atoms with Crippen LogP contribution in [0.1, 0.15) is 91.9 Å². The molecule has 0 bridgehead atoms. The van der Waals surface area contributed by atoms with Gasteiger partial charge < -0.3 is 9.47 Å². The standard InChI is InChI=1S/C27H42O5/c1-16(6-11-25(30)31-5)21-9-10-22-20-8-7-18-14-19(32-17(2)28)12-13-26(18,3)23(20)15-24(29)27(21,22)4/h16,18-23H,6-15H2,1-5H3/t16-,18-,19+,20+,21-,22+,23+,26+,27-/m1/s1. The summed E-state index contributed by atoms with van der Waals surface area (Å²) in [6.45, 7) is 8.43. The first-order chi connectivity index (χ1) is 15.1. The highest BCUT2D eigenvalue weighted by Crippen LogP contribution is 2.67. The fourth-order valence-electron chi connectivity index (χ4n) is 8.86. The molecule has 0 unspecified atom stereocenters. The first kappa shape index (κ1) is 23.8. The summed E-state index contributed by atoms with van der Waals surface area (Å²) in [6.07, 6.45) is 9.61. The van der Waals surface area contributed by atoms with Crippen molar-refractivity contribution in [2.75, 3.05) is 7.11 Å². The Morgan fingerprint density at radius 1 is 1.09 bits per heavy atom. The molecule has 0 N–H and O–H groups in total. The lowest BCUT2D eigenvalue weighted by atomic mass is 9.44. The molecule has 0 amide bonds. The number of esters is 2. The second-order valence-electron chi connectivity index (χ2n) is 11.8. The van der Waals surface area contributed by atoms with Gasteiger partial charge in [0.1, 0.15) is 11.9 Å². The van der Waals surface area contributed by atoms with Crippen LogP contribution in [-0.2, 0) is 23.9 Å². The van der Waals surface area contributed by atoms with Gasteiger partial charge in [-0.2, -0.15) is 0 Å². The molecule has 32 heavy (non-hydrogen) atoms. The fraction of sp³-hybridized carbons (Fsp3) is 0.889. The largest absolute Gasteiger partial charge is 0.469 e. The van der Waals surface area contributed by atoms with Gasteiger partial charge >= 0.3 is 11.9 Å². The molecule has 4 rings (SSSR count).